The lowest BCUT2D eigenvalue weighted by molar-refractivity contribution is -0.117. The molecule has 7 heteroatoms. The van der Waals surface area contributed by atoms with Crippen LogP contribution in [0.4, 0.5) is 5.69 Å². The number of hydrogen-bond acceptors (Lipinski definition) is 4. The van der Waals surface area contributed by atoms with Gasteiger partial charge in [0.2, 0.25) is 15.9 Å². The summed E-state index contributed by atoms with van der Waals surface area (Å²) in [4.78, 5) is 14.8. The number of carbonyl (C=O) groups is 1. The van der Waals surface area contributed by atoms with Crippen molar-refractivity contribution >= 4 is 21.6 Å². The molecule has 1 heterocycles. The van der Waals surface area contributed by atoms with Crippen molar-refractivity contribution < 1.29 is 13.2 Å². The summed E-state index contributed by atoms with van der Waals surface area (Å²) in [6, 6.07) is 6.99. The first-order chi connectivity index (χ1) is 13.0. The summed E-state index contributed by atoms with van der Waals surface area (Å²) in [7, 11) is -1.39. The van der Waals surface area contributed by atoms with E-state index in [1.165, 1.54) is 30.0 Å². The molecule has 1 amide bonds. The third-order valence-corrected chi connectivity index (χ3v) is 7.59. The van der Waals surface area contributed by atoms with E-state index in [1.807, 2.05) is 7.05 Å². The minimum atomic E-state index is -3.41. The molecule has 0 aromatic heterocycles. The predicted octanol–water partition coefficient (Wildman–Crippen LogP) is 3.06. The Balaban J connectivity index is 1.55. The number of rotatable bonds is 6. The molecule has 27 heavy (non-hydrogen) atoms. The number of benzene rings is 1. The molecule has 0 spiro atoms. The van der Waals surface area contributed by atoms with Crippen molar-refractivity contribution in [1.29, 1.82) is 0 Å². The highest BCUT2D eigenvalue weighted by Crippen LogP contribution is 2.23. The number of sulfonamides is 1. The molecule has 1 saturated heterocycles. The minimum absolute atomic E-state index is 0.0584. The summed E-state index contributed by atoms with van der Waals surface area (Å²) >= 11 is 0. The molecule has 0 radical (unpaired) electrons. The van der Waals surface area contributed by atoms with Gasteiger partial charge in [-0.1, -0.05) is 25.7 Å². The Morgan fingerprint density at radius 2 is 1.63 bits per heavy atom. The largest absolute Gasteiger partial charge is 0.325 e. The second-order valence-corrected chi connectivity index (χ2v) is 9.68. The van der Waals surface area contributed by atoms with E-state index in [1.54, 1.807) is 24.3 Å². The van der Waals surface area contributed by atoms with Gasteiger partial charge in [-0.25, -0.2) is 8.42 Å². The van der Waals surface area contributed by atoms with Gasteiger partial charge in [-0.05, 0) is 57.0 Å². The van der Waals surface area contributed by atoms with Gasteiger partial charge >= 0.3 is 0 Å². The van der Waals surface area contributed by atoms with Crippen molar-refractivity contribution in [3.05, 3.63) is 24.3 Å². The van der Waals surface area contributed by atoms with Crippen molar-refractivity contribution in [2.24, 2.45) is 0 Å². The van der Waals surface area contributed by atoms with E-state index in [2.05, 4.69) is 10.2 Å². The molecule has 1 N–H and O–H groups in total. The molecule has 0 atom stereocenters. The zero-order valence-electron chi connectivity index (χ0n) is 16.2. The second-order valence-electron chi connectivity index (χ2n) is 7.74. The van der Waals surface area contributed by atoms with E-state index < -0.39 is 10.0 Å². The zero-order chi connectivity index (χ0) is 19.3. The number of carbonyl (C=O) groups excluding carboxylic acids is 1. The number of amides is 1. The Kier molecular flexibility index (Phi) is 6.89. The van der Waals surface area contributed by atoms with Gasteiger partial charge in [-0.15, -0.1) is 0 Å². The van der Waals surface area contributed by atoms with Crippen LogP contribution in [0.15, 0.2) is 29.2 Å². The van der Waals surface area contributed by atoms with Crippen LogP contribution >= 0.6 is 0 Å². The maximum atomic E-state index is 12.5. The minimum Gasteiger partial charge on any atom is -0.325 e. The monoisotopic (exact) mass is 393 g/mol. The molecule has 0 unspecified atom stereocenters. The molecule has 1 aliphatic heterocycles. The highest BCUT2D eigenvalue weighted by atomic mass is 32.2. The summed E-state index contributed by atoms with van der Waals surface area (Å²) in [5.74, 6) is -0.0584. The molecule has 1 aliphatic carbocycles. The van der Waals surface area contributed by atoms with E-state index in [-0.39, 0.29) is 10.8 Å². The lowest BCUT2D eigenvalue weighted by atomic mass is 10.1. The van der Waals surface area contributed by atoms with Crippen molar-refractivity contribution in [2.75, 3.05) is 32.0 Å². The van der Waals surface area contributed by atoms with Gasteiger partial charge in [0.25, 0.3) is 0 Å². The average Bonchev–Trinajstić information content (AvgIpc) is 3.06. The Morgan fingerprint density at radius 3 is 2.22 bits per heavy atom. The quantitative estimate of drug-likeness (QED) is 0.754. The molecule has 1 aromatic carbocycles. The van der Waals surface area contributed by atoms with Crippen LogP contribution in [0.5, 0.6) is 0 Å². The number of nitrogens with one attached hydrogen (secondary N) is 1. The fourth-order valence-electron chi connectivity index (χ4n) is 4.04. The lowest BCUT2D eigenvalue weighted by Gasteiger charge is -2.26. The first-order valence-electron chi connectivity index (χ1n) is 10.1. The summed E-state index contributed by atoms with van der Waals surface area (Å²) < 4.78 is 26.6. The van der Waals surface area contributed by atoms with Gasteiger partial charge in [0.1, 0.15) is 0 Å². The average molecular weight is 394 g/mol. The zero-order valence-corrected chi connectivity index (χ0v) is 17.0. The Hall–Kier alpha value is -1.44. The number of nitrogens with zero attached hydrogens (tertiary/aromatic N) is 2. The van der Waals surface area contributed by atoms with Crippen LogP contribution in [0.2, 0.25) is 0 Å². The van der Waals surface area contributed by atoms with Crippen molar-refractivity contribution in [3.63, 3.8) is 0 Å². The van der Waals surface area contributed by atoms with E-state index >= 15 is 0 Å². The highest BCUT2D eigenvalue weighted by Gasteiger charge is 2.27. The molecule has 2 fully saturated rings. The Bertz CT molecular complexity index is 719. The summed E-state index contributed by atoms with van der Waals surface area (Å²) in [6.45, 7) is 1.54. The third-order valence-electron chi connectivity index (χ3n) is 5.68. The van der Waals surface area contributed by atoms with E-state index in [9.17, 15) is 13.2 Å². The third kappa shape index (κ3) is 5.30. The summed E-state index contributed by atoms with van der Waals surface area (Å²) in [5.41, 5.74) is 0.634. The molecule has 1 aromatic rings. The fraction of sp³-hybridized carbons (Fsp3) is 0.650. The molecular weight excluding hydrogens is 362 g/mol. The Labute approximate surface area is 163 Å². The maximum Gasteiger partial charge on any atom is 0.243 e. The number of likely N-dealkylation sites (N-methyl/N-ethyl adjacent to an activating group) is 1. The molecule has 6 nitrogen and oxygen atoms in total. The van der Waals surface area contributed by atoms with Crippen LogP contribution in [0, 0.1) is 0 Å². The molecule has 3 rings (SSSR count). The van der Waals surface area contributed by atoms with Crippen molar-refractivity contribution in [1.82, 2.24) is 9.21 Å². The highest BCUT2D eigenvalue weighted by molar-refractivity contribution is 7.89. The van der Waals surface area contributed by atoms with Gasteiger partial charge in [0.05, 0.1) is 11.4 Å². The second kappa shape index (κ2) is 9.17. The summed E-state index contributed by atoms with van der Waals surface area (Å²) in [6.07, 6.45) is 9.23. The van der Waals surface area contributed by atoms with Crippen LogP contribution in [-0.4, -0.2) is 56.3 Å². The summed E-state index contributed by atoms with van der Waals surface area (Å²) in [5, 5.41) is 2.89. The first kappa shape index (κ1) is 20.3. The Morgan fingerprint density at radius 1 is 1.04 bits per heavy atom. The molecule has 2 aliphatic rings. The fourth-order valence-corrected chi connectivity index (χ4v) is 5.56. The van der Waals surface area contributed by atoms with Crippen molar-refractivity contribution in [2.45, 2.75) is 62.3 Å². The lowest BCUT2D eigenvalue weighted by Crippen LogP contribution is -2.37. The molecular formula is C20H31N3O3S. The van der Waals surface area contributed by atoms with Gasteiger partial charge in [0, 0.05) is 24.8 Å². The number of hydrogen-bond donors (Lipinski definition) is 1. The normalized spacial score (nSPS) is 19.9. The van der Waals surface area contributed by atoms with Crippen molar-refractivity contribution in [3.8, 4) is 0 Å². The van der Waals surface area contributed by atoms with E-state index in [4.69, 9.17) is 0 Å². The van der Waals surface area contributed by atoms with Gasteiger partial charge in [-0.3, -0.25) is 9.69 Å². The molecule has 150 valence electrons. The smallest absolute Gasteiger partial charge is 0.243 e. The standard InChI is InChI=1S/C20H31N3O3S/c1-22(18-8-4-2-3-5-9-18)16-20(24)21-17-10-12-19(13-11-17)27(25,26)23-14-6-7-15-23/h10-13,18H,2-9,14-16H2,1H3,(H,21,24). The topological polar surface area (TPSA) is 69.7 Å². The predicted molar refractivity (Wildman–Crippen MR) is 107 cm³/mol. The van der Waals surface area contributed by atoms with Crippen LogP contribution in [-0.2, 0) is 14.8 Å². The van der Waals surface area contributed by atoms with Crippen LogP contribution in [0.3, 0.4) is 0 Å². The maximum absolute atomic E-state index is 12.5. The SMILES string of the molecule is CN(CC(=O)Nc1ccc(S(=O)(=O)N2CCCC2)cc1)C1CCCCCC1. The van der Waals surface area contributed by atoms with Gasteiger partial charge in [-0.2, -0.15) is 4.31 Å². The van der Waals surface area contributed by atoms with Gasteiger partial charge in [0.15, 0.2) is 0 Å². The van der Waals surface area contributed by atoms with E-state index in [0.717, 1.165) is 25.7 Å². The first-order valence-corrected chi connectivity index (χ1v) is 11.5. The van der Waals surface area contributed by atoms with Crippen LogP contribution in [0.25, 0.3) is 0 Å². The molecule has 0 bridgehead atoms. The van der Waals surface area contributed by atoms with Gasteiger partial charge < -0.3 is 5.32 Å². The number of anilines is 1. The molecule has 1 saturated carbocycles. The van der Waals surface area contributed by atoms with Crippen LogP contribution < -0.4 is 5.32 Å². The van der Waals surface area contributed by atoms with E-state index in [0.29, 0.717) is 31.4 Å². The van der Waals surface area contributed by atoms with Crippen LogP contribution in [0.1, 0.15) is 51.4 Å².